The number of hydrogen-bond donors (Lipinski definition) is 1. The second-order valence-corrected chi connectivity index (χ2v) is 6.42. The van der Waals surface area contributed by atoms with E-state index in [0.29, 0.717) is 0 Å². The molecule has 1 heterocycles. The van der Waals surface area contributed by atoms with Crippen molar-refractivity contribution in [1.82, 2.24) is 15.1 Å². The van der Waals surface area contributed by atoms with Crippen molar-refractivity contribution < 1.29 is 57.7 Å². The first-order valence-electron chi connectivity index (χ1n) is 6.54. The van der Waals surface area contributed by atoms with Crippen LogP contribution in [0, 0.1) is 0 Å². The summed E-state index contributed by atoms with van der Waals surface area (Å²) in [6.45, 7) is 5.41. The van der Waals surface area contributed by atoms with Gasteiger partial charge in [-0.1, -0.05) is 0 Å². The molecule has 1 N–H and O–H groups in total. The molecule has 0 bridgehead atoms. The van der Waals surface area contributed by atoms with Gasteiger partial charge in [0.05, 0.1) is 0 Å². The predicted octanol–water partition coefficient (Wildman–Crippen LogP) is -8.14. The van der Waals surface area contributed by atoms with Crippen LogP contribution in [0.2, 0.25) is 0 Å². The second-order valence-electron chi connectivity index (χ2n) is 5.13. The Hall–Kier alpha value is 0.684. The fourth-order valence-electron chi connectivity index (χ4n) is 2.33. The normalized spacial score (nSPS) is 24.4. The van der Waals surface area contributed by atoms with Crippen LogP contribution in [-0.4, -0.2) is 56.6 Å². The molecule has 1 aromatic rings. The largest absolute Gasteiger partial charge is 1.00 e. The Morgan fingerprint density at radius 2 is 1.62 bits per heavy atom. The van der Waals surface area contributed by atoms with Crippen LogP contribution < -0.4 is 42.5 Å². The van der Waals surface area contributed by atoms with E-state index in [0.717, 1.165) is 32.7 Å². The van der Waals surface area contributed by atoms with Gasteiger partial charge in [0.25, 0.3) is 0 Å². The van der Waals surface area contributed by atoms with E-state index in [1.54, 1.807) is 0 Å². The fourth-order valence-corrected chi connectivity index (χ4v) is 2.96. The minimum Gasteiger partial charge on any atom is -1.00 e. The van der Waals surface area contributed by atoms with Gasteiger partial charge in [0.15, 0.2) is 0 Å². The first kappa shape index (κ1) is 23.9. The summed E-state index contributed by atoms with van der Waals surface area (Å²) in [5, 5.41) is 3.59. The van der Waals surface area contributed by atoms with E-state index < -0.39 is 0 Å². The number of nitrogens with one attached hydrogen (secondary N) is 1. The predicted molar refractivity (Wildman–Crippen MR) is 71.1 cm³/mol. The van der Waals surface area contributed by atoms with Gasteiger partial charge in [0, 0.05) is 0 Å². The molecule has 0 amide bonds. The molecule has 1 unspecified atom stereocenters. The molecule has 0 radical (unpaired) electrons. The minimum absolute atomic E-state index is 0. The molecule has 1 aromatic carbocycles. The first-order valence-corrected chi connectivity index (χ1v) is 7.32. The standard InChI is InChI=1S/C14H22N3.3ClH.Ti/c1-16-9-8-15-12-14(17(2)11-10-16)13-6-4-3-5-7-13;;;;/h3-7,15H,8-12H2,1-2H3;3*1H;/q;;;;+3/p-3. The van der Waals surface area contributed by atoms with Gasteiger partial charge in [-0.3, -0.25) is 0 Å². The summed E-state index contributed by atoms with van der Waals surface area (Å²) in [5.74, 6) is 0. The zero-order valence-electron chi connectivity index (χ0n) is 12.5. The van der Waals surface area contributed by atoms with Gasteiger partial charge in [0.2, 0.25) is 0 Å². The van der Waals surface area contributed by atoms with Crippen LogP contribution in [0.3, 0.4) is 0 Å². The monoisotopic (exact) mass is 385 g/mol. The van der Waals surface area contributed by atoms with Crippen molar-refractivity contribution in [2.45, 2.75) is 3.84 Å². The van der Waals surface area contributed by atoms with Crippen LogP contribution in [0.15, 0.2) is 30.3 Å². The van der Waals surface area contributed by atoms with Crippen LogP contribution in [0.5, 0.6) is 0 Å². The van der Waals surface area contributed by atoms with Gasteiger partial charge in [0.1, 0.15) is 0 Å². The molecular formula is C14H22Cl3N3Ti. The van der Waals surface area contributed by atoms with Gasteiger partial charge in [-0.15, -0.1) is 0 Å². The Balaban J connectivity index is 0. The van der Waals surface area contributed by atoms with Gasteiger partial charge in [-0.25, -0.2) is 0 Å². The summed E-state index contributed by atoms with van der Waals surface area (Å²) >= 11 is 2.33. The van der Waals surface area contributed by atoms with Crippen molar-refractivity contribution in [1.29, 1.82) is 0 Å². The summed E-state index contributed by atoms with van der Waals surface area (Å²) < 4.78 is 0.0758. The number of benzene rings is 1. The average molecular weight is 387 g/mol. The van der Waals surface area contributed by atoms with Gasteiger partial charge in [-0.05, 0) is 0 Å². The van der Waals surface area contributed by atoms with E-state index in [1.807, 2.05) is 0 Å². The minimum atomic E-state index is 0. The number of nitrogens with zero attached hydrogens (tertiary/aromatic N) is 2. The SMILES string of the molecule is CN1CCNC[C]([Ti+3])(c2ccccc2)N(C)CC1.[Cl-].[Cl-].[Cl-]. The maximum atomic E-state index is 3.59. The second kappa shape index (κ2) is 11.3. The third kappa shape index (κ3) is 6.36. The first-order chi connectivity index (χ1) is 8.63. The third-order valence-electron chi connectivity index (χ3n) is 3.77. The van der Waals surface area contributed by atoms with Crippen molar-refractivity contribution in [2.24, 2.45) is 0 Å². The molecule has 0 spiro atoms. The van der Waals surface area contributed by atoms with Crippen molar-refractivity contribution in [3.8, 4) is 0 Å². The Morgan fingerprint density at radius 3 is 2.24 bits per heavy atom. The summed E-state index contributed by atoms with van der Waals surface area (Å²) in [4.78, 5) is 4.86. The number of hydrogen-bond acceptors (Lipinski definition) is 3. The summed E-state index contributed by atoms with van der Waals surface area (Å²) in [5.41, 5.74) is 1.39. The third-order valence-corrected chi connectivity index (χ3v) is 5.09. The van der Waals surface area contributed by atoms with Crippen LogP contribution in [0.4, 0.5) is 0 Å². The Labute approximate surface area is 158 Å². The van der Waals surface area contributed by atoms with Gasteiger partial charge in [-0.2, -0.15) is 0 Å². The van der Waals surface area contributed by atoms with Crippen LogP contribution in [-0.2, 0) is 24.3 Å². The fraction of sp³-hybridized carbons (Fsp3) is 0.571. The van der Waals surface area contributed by atoms with Gasteiger partial charge >= 0.3 is 122 Å². The molecule has 118 valence electrons. The molecule has 1 saturated heterocycles. The number of halogens is 3. The van der Waals surface area contributed by atoms with Crippen molar-refractivity contribution >= 4 is 0 Å². The van der Waals surface area contributed by atoms with E-state index in [9.17, 15) is 0 Å². The Morgan fingerprint density at radius 1 is 1.00 bits per heavy atom. The summed E-state index contributed by atoms with van der Waals surface area (Å²) in [7, 11) is 4.43. The molecule has 7 heteroatoms. The van der Waals surface area contributed by atoms with Crippen LogP contribution >= 0.6 is 0 Å². The van der Waals surface area contributed by atoms with Gasteiger partial charge < -0.3 is 37.2 Å². The van der Waals surface area contributed by atoms with Crippen molar-refractivity contribution in [3.63, 3.8) is 0 Å². The molecule has 0 saturated carbocycles. The molecule has 21 heavy (non-hydrogen) atoms. The van der Waals surface area contributed by atoms with E-state index >= 15 is 0 Å². The number of rotatable bonds is 1. The molecule has 1 atom stereocenters. The van der Waals surface area contributed by atoms with Crippen LogP contribution in [0.25, 0.3) is 0 Å². The van der Waals surface area contributed by atoms with E-state index in [4.69, 9.17) is 0 Å². The molecule has 0 aromatic heterocycles. The molecule has 2 rings (SSSR count). The molecule has 1 aliphatic rings. The zero-order valence-corrected chi connectivity index (χ0v) is 16.3. The molecule has 3 nitrogen and oxygen atoms in total. The van der Waals surface area contributed by atoms with Crippen molar-refractivity contribution in [2.75, 3.05) is 46.8 Å². The van der Waals surface area contributed by atoms with Crippen molar-refractivity contribution in [3.05, 3.63) is 35.9 Å². The summed E-state index contributed by atoms with van der Waals surface area (Å²) in [6.07, 6.45) is 0. The molecule has 1 aliphatic heterocycles. The smallest absolute Gasteiger partial charge is 1.00 e. The Bertz CT molecular complexity index is 383. The average Bonchev–Trinajstić information content (AvgIpc) is 2.46. The topological polar surface area (TPSA) is 18.5 Å². The summed E-state index contributed by atoms with van der Waals surface area (Å²) in [6, 6.07) is 10.8. The maximum Gasteiger partial charge on any atom is -1.00 e. The van der Waals surface area contributed by atoms with Crippen LogP contribution in [0.1, 0.15) is 5.56 Å². The molecule has 0 aliphatic carbocycles. The van der Waals surface area contributed by atoms with E-state index in [1.165, 1.54) is 5.56 Å². The Kier molecular flexibility index (Phi) is 12.8. The van der Waals surface area contributed by atoms with E-state index in [-0.39, 0.29) is 41.1 Å². The number of likely N-dealkylation sites (N-methyl/N-ethyl adjacent to an activating group) is 2. The zero-order chi connectivity index (χ0) is 13.0. The van der Waals surface area contributed by atoms with E-state index in [2.05, 4.69) is 80.0 Å². The molecular weight excluding hydrogens is 364 g/mol. The molecule has 1 fully saturated rings. The quantitative estimate of drug-likeness (QED) is 0.484. The maximum absolute atomic E-state index is 3.59.